The van der Waals surface area contributed by atoms with Crippen LogP contribution in [0.4, 0.5) is 0 Å². The van der Waals surface area contributed by atoms with E-state index in [2.05, 4.69) is 19.9 Å². The van der Waals surface area contributed by atoms with Crippen LogP contribution in [0.1, 0.15) is 54.9 Å². The van der Waals surface area contributed by atoms with Crippen molar-refractivity contribution < 1.29 is 9.90 Å². The first-order valence-electron chi connectivity index (χ1n) is 5.98. The molecule has 0 heterocycles. The van der Waals surface area contributed by atoms with Crippen LogP contribution in [0.2, 0.25) is 0 Å². The number of hydrogen-bond acceptors (Lipinski definition) is 1. The number of carboxylic acids is 1. The van der Waals surface area contributed by atoms with Gasteiger partial charge in [-0.2, -0.15) is 0 Å². The van der Waals surface area contributed by atoms with Crippen molar-refractivity contribution in [2.45, 2.75) is 39.5 Å². The summed E-state index contributed by atoms with van der Waals surface area (Å²) in [5, 5.41) is 9.25. The van der Waals surface area contributed by atoms with E-state index in [1.54, 1.807) is 0 Å². The van der Waals surface area contributed by atoms with Crippen molar-refractivity contribution in [2.24, 2.45) is 0 Å². The van der Waals surface area contributed by atoms with Gasteiger partial charge in [0.05, 0.1) is 0 Å². The van der Waals surface area contributed by atoms with E-state index in [-0.39, 0.29) is 0 Å². The second-order valence-corrected chi connectivity index (χ2v) is 5.14. The fourth-order valence-corrected chi connectivity index (χ4v) is 2.63. The van der Waals surface area contributed by atoms with Crippen LogP contribution in [0.25, 0.3) is 5.57 Å². The largest absolute Gasteiger partial charge is 0.481 e. The minimum absolute atomic E-state index is 0.416. The van der Waals surface area contributed by atoms with E-state index in [4.69, 9.17) is 0 Å². The molecule has 2 heteroatoms. The number of hydrogen-bond donors (Lipinski definition) is 1. The molecule has 1 N–H and O–H groups in total. The van der Waals surface area contributed by atoms with Crippen LogP contribution in [0.15, 0.2) is 18.2 Å². The molecule has 0 saturated carbocycles. The molecule has 2 nitrogen and oxygen atoms in total. The zero-order valence-electron chi connectivity index (χ0n) is 10.7. The first-order chi connectivity index (χ1) is 7.91. The van der Waals surface area contributed by atoms with Crippen LogP contribution in [0.3, 0.4) is 0 Å². The van der Waals surface area contributed by atoms with Crippen molar-refractivity contribution in [3.63, 3.8) is 0 Å². The standard InChI is InChI=1S/C15H18O2/c1-8(2)11-5-9(3)6-12-13(15(16)17)7-10(4)14(11)12/h5-8,13H,1-4H3,(H,16,17). The third kappa shape index (κ3) is 1.88. The molecule has 17 heavy (non-hydrogen) atoms. The average Bonchev–Trinajstić information content (AvgIpc) is 2.54. The lowest BCUT2D eigenvalue weighted by molar-refractivity contribution is -0.137. The topological polar surface area (TPSA) is 37.3 Å². The second kappa shape index (κ2) is 4.02. The molecule has 0 aromatic heterocycles. The second-order valence-electron chi connectivity index (χ2n) is 5.14. The average molecular weight is 230 g/mol. The SMILES string of the molecule is CC1=CC(C(=O)O)c2cc(C)cc(C(C)C)c21. The maximum Gasteiger partial charge on any atom is 0.314 e. The molecular weight excluding hydrogens is 212 g/mol. The Morgan fingerprint density at radius 3 is 2.47 bits per heavy atom. The van der Waals surface area contributed by atoms with Gasteiger partial charge in [-0.1, -0.05) is 37.6 Å². The van der Waals surface area contributed by atoms with Crippen LogP contribution < -0.4 is 0 Å². The highest BCUT2D eigenvalue weighted by Crippen LogP contribution is 2.40. The minimum atomic E-state index is -0.761. The van der Waals surface area contributed by atoms with E-state index in [1.165, 1.54) is 5.56 Å². The van der Waals surface area contributed by atoms with Gasteiger partial charge < -0.3 is 5.11 Å². The van der Waals surface area contributed by atoms with Gasteiger partial charge in [0.1, 0.15) is 5.92 Å². The molecule has 0 aliphatic heterocycles. The summed E-state index contributed by atoms with van der Waals surface area (Å²) in [5.41, 5.74) is 5.60. The van der Waals surface area contributed by atoms with Crippen LogP contribution in [0, 0.1) is 6.92 Å². The lowest BCUT2D eigenvalue weighted by Crippen LogP contribution is -2.08. The molecule has 2 rings (SSSR count). The van der Waals surface area contributed by atoms with Crippen LogP contribution in [-0.2, 0) is 4.79 Å². The third-order valence-electron chi connectivity index (χ3n) is 3.38. The predicted octanol–water partition coefficient (Wildman–Crippen LogP) is 3.70. The van der Waals surface area contributed by atoms with Gasteiger partial charge in [-0.05, 0) is 42.0 Å². The maximum absolute atomic E-state index is 11.3. The number of aryl methyl sites for hydroxylation is 1. The van der Waals surface area contributed by atoms with Gasteiger partial charge in [-0.25, -0.2) is 0 Å². The number of aliphatic carboxylic acids is 1. The van der Waals surface area contributed by atoms with Gasteiger partial charge in [0, 0.05) is 0 Å². The molecule has 1 aromatic rings. The van der Waals surface area contributed by atoms with Gasteiger partial charge in [-0.15, -0.1) is 0 Å². The Hall–Kier alpha value is -1.57. The zero-order valence-corrected chi connectivity index (χ0v) is 10.7. The summed E-state index contributed by atoms with van der Waals surface area (Å²) < 4.78 is 0. The summed E-state index contributed by atoms with van der Waals surface area (Å²) in [6, 6.07) is 4.18. The van der Waals surface area contributed by atoms with Gasteiger partial charge in [0.2, 0.25) is 0 Å². The zero-order chi connectivity index (χ0) is 12.7. The predicted molar refractivity (Wildman–Crippen MR) is 69.3 cm³/mol. The summed E-state index contributed by atoms with van der Waals surface area (Å²) in [7, 11) is 0. The van der Waals surface area contributed by atoms with E-state index in [0.29, 0.717) is 5.92 Å². The third-order valence-corrected chi connectivity index (χ3v) is 3.38. The Balaban J connectivity index is 2.68. The summed E-state index contributed by atoms with van der Waals surface area (Å²) in [6.07, 6.45) is 1.86. The smallest absolute Gasteiger partial charge is 0.314 e. The quantitative estimate of drug-likeness (QED) is 0.841. The van der Waals surface area contributed by atoms with Crippen molar-refractivity contribution in [1.82, 2.24) is 0 Å². The van der Waals surface area contributed by atoms with E-state index >= 15 is 0 Å². The number of fused-ring (bicyclic) bond motifs is 1. The summed E-state index contributed by atoms with van der Waals surface area (Å²) >= 11 is 0. The van der Waals surface area contributed by atoms with Gasteiger partial charge in [0.25, 0.3) is 0 Å². The molecule has 0 bridgehead atoms. The van der Waals surface area contributed by atoms with Gasteiger partial charge in [-0.3, -0.25) is 4.79 Å². The Bertz CT molecular complexity index is 510. The Morgan fingerprint density at radius 1 is 1.29 bits per heavy atom. The van der Waals surface area contributed by atoms with Crippen LogP contribution >= 0.6 is 0 Å². The van der Waals surface area contributed by atoms with E-state index < -0.39 is 11.9 Å². The molecule has 1 atom stereocenters. The molecule has 90 valence electrons. The van der Waals surface area contributed by atoms with Gasteiger partial charge >= 0.3 is 5.97 Å². The lowest BCUT2D eigenvalue weighted by Gasteiger charge is -2.16. The minimum Gasteiger partial charge on any atom is -0.481 e. The molecule has 1 aliphatic rings. The lowest BCUT2D eigenvalue weighted by atomic mass is 9.88. The van der Waals surface area contributed by atoms with Crippen LogP contribution in [0.5, 0.6) is 0 Å². The van der Waals surface area contributed by atoms with E-state index in [0.717, 1.165) is 22.3 Å². The van der Waals surface area contributed by atoms with Crippen LogP contribution in [-0.4, -0.2) is 11.1 Å². The van der Waals surface area contributed by atoms with Gasteiger partial charge in [0.15, 0.2) is 0 Å². The van der Waals surface area contributed by atoms with Crippen molar-refractivity contribution in [3.05, 3.63) is 40.5 Å². The van der Waals surface area contributed by atoms with E-state index in [9.17, 15) is 9.90 Å². The molecule has 0 amide bonds. The molecule has 0 saturated heterocycles. The fraction of sp³-hybridized carbons (Fsp3) is 0.400. The summed E-state index contributed by atoms with van der Waals surface area (Å²) in [4.78, 5) is 11.3. The number of benzene rings is 1. The number of carbonyl (C=O) groups is 1. The Labute approximate surface area is 102 Å². The Kier molecular flexibility index (Phi) is 2.82. The molecule has 1 unspecified atom stereocenters. The first kappa shape index (κ1) is 11.9. The first-order valence-corrected chi connectivity index (χ1v) is 5.98. The van der Waals surface area contributed by atoms with Crippen molar-refractivity contribution >= 4 is 11.5 Å². The van der Waals surface area contributed by atoms with Crippen molar-refractivity contribution in [1.29, 1.82) is 0 Å². The molecule has 0 fully saturated rings. The number of carboxylic acid groups (broad SMARTS) is 1. The number of allylic oxidation sites excluding steroid dienone is 1. The summed E-state index contributed by atoms with van der Waals surface area (Å²) in [6.45, 7) is 8.33. The molecule has 1 aliphatic carbocycles. The highest BCUT2D eigenvalue weighted by molar-refractivity contribution is 5.89. The van der Waals surface area contributed by atoms with E-state index in [1.807, 2.05) is 26.0 Å². The summed E-state index contributed by atoms with van der Waals surface area (Å²) in [5.74, 6) is -0.814. The molecular formula is C15H18O2. The number of rotatable bonds is 2. The normalized spacial score (nSPS) is 18.2. The monoisotopic (exact) mass is 230 g/mol. The van der Waals surface area contributed by atoms with Crippen molar-refractivity contribution in [3.8, 4) is 0 Å². The molecule has 0 spiro atoms. The fourth-order valence-electron chi connectivity index (χ4n) is 2.63. The highest BCUT2D eigenvalue weighted by atomic mass is 16.4. The maximum atomic E-state index is 11.3. The molecule has 1 aromatic carbocycles. The Morgan fingerprint density at radius 2 is 1.94 bits per heavy atom. The van der Waals surface area contributed by atoms with Crippen molar-refractivity contribution in [2.75, 3.05) is 0 Å². The highest BCUT2D eigenvalue weighted by Gasteiger charge is 2.29. The molecule has 0 radical (unpaired) electrons.